The zero-order valence-corrected chi connectivity index (χ0v) is 18.0. The van der Waals surface area contributed by atoms with E-state index in [0.717, 1.165) is 42.9 Å². The summed E-state index contributed by atoms with van der Waals surface area (Å²) in [6.45, 7) is 3.62. The molecule has 144 valence electrons. The average Bonchev–Trinajstić information content (AvgIpc) is 3.27. The van der Waals surface area contributed by atoms with E-state index in [1.807, 2.05) is 6.07 Å². The van der Waals surface area contributed by atoms with Gasteiger partial charge in [0, 0.05) is 38.6 Å². The fraction of sp³-hybridized carbons (Fsp3) is 0.467. The van der Waals surface area contributed by atoms with Gasteiger partial charge in [-0.1, -0.05) is 0 Å². The Balaban J connectivity index is 0.00000243. The summed E-state index contributed by atoms with van der Waals surface area (Å²) in [4.78, 5) is 12.3. The van der Waals surface area contributed by atoms with Crippen molar-refractivity contribution >= 4 is 57.6 Å². The van der Waals surface area contributed by atoms with Crippen LogP contribution in [0.25, 0.3) is 0 Å². The molecule has 26 heavy (non-hydrogen) atoms. The smallest absolute Gasteiger partial charge is 0.360 e. The van der Waals surface area contributed by atoms with E-state index in [4.69, 9.17) is 0 Å². The molecule has 0 saturated carbocycles. The molecule has 0 aromatic carbocycles. The summed E-state index contributed by atoms with van der Waals surface area (Å²) in [7, 11) is 1.68. The maximum Gasteiger partial charge on any atom is 0.434 e. The van der Waals surface area contributed by atoms with Crippen molar-refractivity contribution < 1.29 is 13.2 Å². The van der Waals surface area contributed by atoms with Gasteiger partial charge in [0.25, 0.3) is 0 Å². The second-order valence-electron chi connectivity index (χ2n) is 5.45. The lowest BCUT2D eigenvalue weighted by Gasteiger charge is -2.36. The van der Waals surface area contributed by atoms with E-state index in [-0.39, 0.29) is 30.5 Å². The third kappa shape index (κ3) is 5.22. The van der Waals surface area contributed by atoms with Gasteiger partial charge in [0.15, 0.2) is 11.7 Å². The first kappa shape index (κ1) is 21.2. The summed E-state index contributed by atoms with van der Waals surface area (Å²) in [6, 6.07) is 4.14. The second-order valence-corrected chi connectivity index (χ2v) is 7.32. The highest BCUT2D eigenvalue weighted by Crippen LogP contribution is 2.30. The molecule has 2 aromatic rings. The predicted octanol–water partition coefficient (Wildman–Crippen LogP) is 3.74. The predicted molar refractivity (Wildman–Crippen MR) is 111 cm³/mol. The number of thiophene rings is 1. The number of guanidine groups is 1. The number of anilines is 1. The zero-order chi connectivity index (χ0) is 17.9. The van der Waals surface area contributed by atoms with E-state index in [1.165, 1.54) is 5.00 Å². The van der Waals surface area contributed by atoms with E-state index in [0.29, 0.717) is 11.0 Å². The van der Waals surface area contributed by atoms with Gasteiger partial charge in [0.1, 0.15) is 5.01 Å². The maximum absolute atomic E-state index is 12.6. The molecule has 3 rings (SSSR count). The number of hydrogen-bond acceptors (Lipinski definition) is 5. The van der Waals surface area contributed by atoms with Gasteiger partial charge in [-0.2, -0.15) is 13.2 Å². The van der Waals surface area contributed by atoms with Crippen LogP contribution in [0, 0.1) is 0 Å². The standard InChI is InChI=1S/C15H18F3N5S2.HI/c1-19-14(20-9-12-21-11(10-25-12)15(16,17)18)23-6-4-22(5-7-23)13-3-2-8-24-13;/h2-3,8,10H,4-7,9H2,1H3,(H,19,20);1H. The molecule has 0 radical (unpaired) electrons. The van der Waals surface area contributed by atoms with E-state index >= 15 is 0 Å². The molecule has 3 heterocycles. The Morgan fingerprint density at radius 2 is 2.00 bits per heavy atom. The Morgan fingerprint density at radius 3 is 2.54 bits per heavy atom. The summed E-state index contributed by atoms with van der Waals surface area (Å²) >= 11 is 2.72. The van der Waals surface area contributed by atoms with Crippen LogP contribution < -0.4 is 10.2 Å². The van der Waals surface area contributed by atoms with Gasteiger partial charge in [-0.25, -0.2) is 4.98 Å². The molecule has 0 bridgehead atoms. The van der Waals surface area contributed by atoms with Gasteiger partial charge >= 0.3 is 6.18 Å². The van der Waals surface area contributed by atoms with Crippen LogP contribution in [0.5, 0.6) is 0 Å². The molecule has 1 N–H and O–H groups in total. The zero-order valence-electron chi connectivity index (χ0n) is 14.0. The molecule has 5 nitrogen and oxygen atoms in total. The fourth-order valence-corrected chi connectivity index (χ4v) is 4.12. The van der Waals surface area contributed by atoms with Crippen LogP contribution >= 0.6 is 46.7 Å². The Bertz CT molecular complexity index is 709. The lowest BCUT2D eigenvalue weighted by Crippen LogP contribution is -2.52. The van der Waals surface area contributed by atoms with Gasteiger partial charge in [-0.3, -0.25) is 4.99 Å². The number of alkyl halides is 3. The van der Waals surface area contributed by atoms with Crippen molar-refractivity contribution in [1.82, 2.24) is 15.2 Å². The fourth-order valence-electron chi connectivity index (χ4n) is 2.60. The third-order valence-electron chi connectivity index (χ3n) is 3.85. The molecule has 0 spiro atoms. The number of piperazine rings is 1. The minimum Gasteiger partial charge on any atom is -0.360 e. The highest BCUT2D eigenvalue weighted by Gasteiger charge is 2.33. The molecule has 1 aliphatic heterocycles. The Labute approximate surface area is 175 Å². The van der Waals surface area contributed by atoms with Gasteiger partial charge in [0.05, 0.1) is 11.5 Å². The van der Waals surface area contributed by atoms with E-state index in [2.05, 4.69) is 36.5 Å². The Kier molecular flexibility index (Phi) is 7.52. The van der Waals surface area contributed by atoms with Crippen molar-refractivity contribution in [3.8, 4) is 0 Å². The minimum absolute atomic E-state index is 0. The van der Waals surface area contributed by atoms with Crippen LogP contribution in [0.2, 0.25) is 0 Å². The normalized spacial score (nSPS) is 15.8. The summed E-state index contributed by atoms with van der Waals surface area (Å²) < 4.78 is 37.8. The van der Waals surface area contributed by atoms with Crippen LogP contribution in [0.1, 0.15) is 10.7 Å². The quantitative estimate of drug-likeness (QED) is 0.383. The van der Waals surface area contributed by atoms with Gasteiger partial charge in [-0.15, -0.1) is 46.7 Å². The number of nitrogens with zero attached hydrogens (tertiary/aromatic N) is 4. The van der Waals surface area contributed by atoms with Crippen LogP contribution in [0.4, 0.5) is 18.2 Å². The number of hydrogen-bond donors (Lipinski definition) is 1. The van der Waals surface area contributed by atoms with Crippen LogP contribution in [0.15, 0.2) is 27.9 Å². The number of aliphatic imine (C=N–C) groups is 1. The van der Waals surface area contributed by atoms with Crippen molar-refractivity contribution in [2.45, 2.75) is 12.7 Å². The lowest BCUT2D eigenvalue weighted by molar-refractivity contribution is -0.140. The van der Waals surface area contributed by atoms with Crippen molar-refractivity contribution in [2.75, 3.05) is 38.1 Å². The van der Waals surface area contributed by atoms with Crippen molar-refractivity contribution in [1.29, 1.82) is 0 Å². The molecular weight excluding hydrogens is 498 g/mol. The average molecular weight is 517 g/mol. The van der Waals surface area contributed by atoms with E-state index < -0.39 is 11.9 Å². The number of thiazole rings is 1. The molecular formula is C15H19F3IN5S2. The van der Waals surface area contributed by atoms with Crippen molar-refractivity contribution in [2.24, 2.45) is 4.99 Å². The lowest BCUT2D eigenvalue weighted by atomic mass is 10.3. The van der Waals surface area contributed by atoms with Crippen LogP contribution in [-0.2, 0) is 12.7 Å². The van der Waals surface area contributed by atoms with Crippen LogP contribution in [0.3, 0.4) is 0 Å². The van der Waals surface area contributed by atoms with E-state index in [9.17, 15) is 13.2 Å². The van der Waals surface area contributed by atoms with Gasteiger partial charge in [-0.05, 0) is 17.5 Å². The third-order valence-corrected chi connectivity index (χ3v) is 5.63. The molecule has 0 amide bonds. The molecule has 1 aliphatic rings. The highest BCUT2D eigenvalue weighted by molar-refractivity contribution is 14.0. The first-order valence-electron chi connectivity index (χ1n) is 7.73. The summed E-state index contributed by atoms with van der Waals surface area (Å²) in [5.74, 6) is 0.689. The molecule has 1 fully saturated rings. The second kappa shape index (κ2) is 9.22. The summed E-state index contributed by atoms with van der Waals surface area (Å²) in [5.41, 5.74) is -0.839. The summed E-state index contributed by atoms with van der Waals surface area (Å²) in [5, 5.41) is 7.86. The van der Waals surface area contributed by atoms with Gasteiger partial charge < -0.3 is 15.1 Å². The molecule has 2 aromatic heterocycles. The van der Waals surface area contributed by atoms with Crippen LogP contribution in [-0.4, -0.2) is 49.1 Å². The monoisotopic (exact) mass is 517 g/mol. The SMILES string of the molecule is CN=C(NCc1nc(C(F)(F)F)cs1)N1CCN(c2cccs2)CC1.I. The minimum atomic E-state index is -4.39. The molecule has 0 atom stereocenters. The first-order valence-corrected chi connectivity index (χ1v) is 9.49. The maximum atomic E-state index is 12.6. The largest absolute Gasteiger partial charge is 0.434 e. The first-order chi connectivity index (χ1) is 12.0. The van der Waals surface area contributed by atoms with E-state index in [1.54, 1.807) is 18.4 Å². The van der Waals surface area contributed by atoms with Crippen molar-refractivity contribution in [3.63, 3.8) is 0 Å². The number of rotatable bonds is 3. The summed E-state index contributed by atoms with van der Waals surface area (Å²) in [6.07, 6.45) is -4.39. The van der Waals surface area contributed by atoms with Gasteiger partial charge in [0.2, 0.25) is 0 Å². The molecule has 0 unspecified atom stereocenters. The molecule has 0 aliphatic carbocycles. The number of nitrogens with one attached hydrogen (secondary N) is 1. The topological polar surface area (TPSA) is 43.8 Å². The Hall–Kier alpha value is -1.08. The number of aromatic nitrogens is 1. The Morgan fingerprint density at radius 1 is 1.27 bits per heavy atom. The number of halogens is 4. The molecule has 11 heteroatoms. The molecule has 1 saturated heterocycles. The highest BCUT2D eigenvalue weighted by atomic mass is 127. The van der Waals surface area contributed by atoms with Crippen molar-refractivity contribution in [3.05, 3.63) is 33.6 Å².